The SMILES string of the molecule is CC(=O)N[C@H](CSCC1=C(C)C=C2C(=O)[C@](C)(O)C3(CC3)C(C)=C21)C(=O)N[C@@H](CC(C)C)C(=O)N[C@@H](Cc1ccccc1)C(=O)N[C@@H](CC(C)C)C(=O)O. The van der Waals surface area contributed by atoms with E-state index in [4.69, 9.17) is 0 Å². The van der Waals surface area contributed by atoms with Crippen molar-refractivity contribution in [2.24, 2.45) is 17.3 Å². The molecule has 4 rings (SSSR count). The maximum atomic E-state index is 13.9. The highest BCUT2D eigenvalue weighted by Gasteiger charge is 2.65. The van der Waals surface area contributed by atoms with E-state index in [1.807, 2.05) is 53.7 Å². The summed E-state index contributed by atoms with van der Waals surface area (Å²) in [5.74, 6) is -3.14. The molecule has 4 amide bonds. The Bertz CT molecular complexity index is 1740. The van der Waals surface area contributed by atoms with Gasteiger partial charge in [-0.1, -0.05) is 63.6 Å². The van der Waals surface area contributed by atoms with Crippen molar-refractivity contribution < 1.29 is 39.0 Å². The summed E-state index contributed by atoms with van der Waals surface area (Å²) in [5, 5.41) is 31.9. The molecule has 294 valence electrons. The number of rotatable bonds is 18. The molecular weight excluding hydrogens is 709 g/mol. The Morgan fingerprint density at radius 1 is 0.815 bits per heavy atom. The van der Waals surface area contributed by atoms with E-state index in [0.717, 1.165) is 40.7 Å². The number of hydrogen-bond donors (Lipinski definition) is 6. The standard InChI is InChI=1S/C41H56N4O8S/c1-22(2)16-30(36(48)44-31(19-27-12-10-9-11-13-27)37(49)45-32(39(51)52)17-23(3)4)43-38(50)33(42-26(7)46)21-54-20-29-24(5)18-28-34(29)25(6)41(14-15-41)40(8,53)35(28)47/h9-13,18,22-23,30-33,53H,14-17,19-21H2,1-8H3,(H,42,46)(H,43,50)(H,44,48)(H,45,49)(H,51,52)/t30-,31-,32-,33+,40-/m0/s1. The third-order valence-electron chi connectivity index (χ3n) is 10.7. The predicted molar refractivity (Wildman–Crippen MR) is 208 cm³/mol. The van der Waals surface area contributed by atoms with Gasteiger partial charge in [0.2, 0.25) is 23.6 Å². The summed E-state index contributed by atoms with van der Waals surface area (Å²) >= 11 is 1.41. The van der Waals surface area contributed by atoms with Crippen LogP contribution in [0.1, 0.15) is 86.6 Å². The van der Waals surface area contributed by atoms with Crippen LogP contribution < -0.4 is 21.3 Å². The number of amides is 4. The first-order valence-electron chi connectivity index (χ1n) is 18.7. The van der Waals surface area contributed by atoms with E-state index in [9.17, 15) is 39.0 Å². The highest BCUT2D eigenvalue weighted by atomic mass is 32.2. The average Bonchev–Trinajstić information content (AvgIpc) is 3.84. The largest absolute Gasteiger partial charge is 0.480 e. The number of hydrogen-bond acceptors (Lipinski definition) is 8. The molecule has 1 fully saturated rings. The quantitative estimate of drug-likeness (QED) is 0.129. The molecule has 13 heteroatoms. The van der Waals surface area contributed by atoms with Crippen molar-refractivity contribution in [2.75, 3.05) is 11.5 Å². The van der Waals surface area contributed by atoms with Crippen molar-refractivity contribution in [1.82, 2.24) is 21.3 Å². The minimum Gasteiger partial charge on any atom is -0.480 e. The molecule has 0 heterocycles. The van der Waals surface area contributed by atoms with Crippen LogP contribution >= 0.6 is 11.8 Å². The zero-order valence-corrected chi connectivity index (χ0v) is 33.4. The Kier molecular flexibility index (Phi) is 13.8. The third kappa shape index (κ3) is 9.70. The van der Waals surface area contributed by atoms with Crippen molar-refractivity contribution in [3.8, 4) is 0 Å². The summed E-state index contributed by atoms with van der Waals surface area (Å²) in [7, 11) is 0. The van der Waals surface area contributed by atoms with Crippen LogP contribution in [-0.2, 0) is 35.2 Å². The van der Waals surface area contributed by atoms with Crippen LogP contribution in [0, 0.1) is 17.3 Å². The van der Waals surface area contributed by atoms with Gasteiger partial charge in [0.1, 0.15) is 29.8 Å². The number of benzene rings is 1. The summed E-state index contributed by atoms with van der Waals surface area (Å²) in [4.78, 5) is 78.9. The van der Waals surface area contributed by atoms with Gasteiger partial charge < -0.3 is 31.5 Å². The topological polar surface area (TPSA) is 191 Å². The van der Waals surface area contributed by atoms with Crippen LogP contribution in [0.4, 0.5) is 0 Å². The lowest BCUT2D eigenvalue weighted by atomic mass is 9.67. The zero-order chi connectivity index (χ0) is 40.1. The fourth-order valence-electron chi connectivity index (χ4n) is 7.58. The molecular formula is C41H56N4O8S. The molecule has 1 spiro atoms. The summed E-state index contributed by atoms with van der Waals surface area (Å²) < 4.78 is 0. The van der Waals surface area contributed by atoms with Gasteiger partial charge in [-0.25, -0.2) is 4.79 Å². The molecule has 1 aromatic carbocycles. The van der Waals surface area contributed by atoms with Crippen LogP contribution in [0.3, 0.4) is 0 Å². The number of ketones is 1. The number of carbonyl (C=O) groups is 6. The number of carboxylic acid groups (broad SMARTS) is 1. The average molecular weight is 765 g/mol. The minimum atomic E-state index is -1.46. The van der Waals surface area contributed by atoms with Gasteiger partial charge in [0.25, 0.3) is 0 Å². The number of nitrogens with one attached hydrogen (secondary N) is 4. The molecule has 0 aromatic heterocycles. The first-order chi connectivity index (χ1) is 25.3. The van der Waals surface area contributed by atoms with E-state index in [-0.39, 0.29) is 42.6 Å². The molecule has 3 aliphatic carbocycles. The lowest BCUT2D eigenvalue weighted by Gasteiger charge is -2.39. The van der Waals surface area contributed by atoms with E-state index in [1.165, 1.54) is 18.7 Å². The van der Waals surface area contributed by atoms with E-state index >= 15 is 0 Å². The maximum Gasteiger partial charge on any atom is 0.326 e. The number of aliphatic hydroxyl groups is 1. The van der Waals surface area contributed by atoms with Crippen LogP contribution in [0.5, 0.6) is 0 Å². The molecule has 0 saturated heterocycles. The number of carbonyl (C=O) groups excluding carboxylic acids is 5. The zero-order valence-electron chi connectivity index (χ0n) is 32.6. The van der Waals surface area contributed by atoms with Gasteiger partial charge in [0.05, 0.1) is 0 Å². The van der Waals surface area contributed by atoms with Gasteiger partial charge in [0.15, 0.2) is 5.78 Å². The molecule has 54 heavy (non-hydrogen) atoms. The Balaban J connectivity index is 1.49. The Morgan fingerprint density at radius 3 is 1.91 bits per heavy atom. The van der Waals surface area contributed by atoms with Crippen molar-refractivity contribution in [3.63, 3.8) is 0 Å². The van der Waals surface area contributed by atoms with E-state index in [1.54, 1.807) is 31.2 Å². The van der Waals surface area contributed by atoms with Gasteiger partial charge in [-0.05, 0) is 86.6 Å². The van der Waals surface area contributed by atoms with Gasteiger partial charge >= 0.3 is 5.97 Å². The smallest absolute Gasteiger partial charge is 0.326 e. The second kappa shape index (κ2) is 17.5. The summed E-state index contributed by atoms with van der Waals surface area (Å²) in [6, 6.07) is 4.68. The number of aliphatic carboxylic acids is 1. The molecule has 0 aliphatic heterocycles. The van der Waals surface area contributed by atoms with E-state index in [2.05, 4.69) is 21.3 Å². The summed E-state index contributed by atoms with van der Waals surface area (Å²) in [6.07, 6.45) is 3.83. The Hall–Kier alpha value is -4.23. The maximum absolute atomic E-state index is 13.9. The monoisotopic (exact) mass is 764 g/mol. The highest BCUT2D eigenvalue weighted by Crippen LogP contribution is 2.65. The van der Waals surface area contributed by atoms with Crippen molar-refractivity contribution in [2.45, 2.75) is 117 Å². The second-order valence-electron chi connectivity index (χ2n) is 15.9. The molecule has 0 unspecified atom stereocenters. The van der Waals surface area contributed by atoms with Crippen molar-refractivity contribution >= 4 is 47.1 Å². The van der Waals surface area contributed by atoms with Crippen LogP contribution in [0.2, 0.25) is 0 Å². The summed E-state index contributed by atoms with van der Waals surface area (Å²) in [5.41, 5.74) is 2.99. The summed E-state index contributed by atoms with van der Waals surface area (Å²) in [6.45, 7) is 14.3. The molecule has 1 saturated carbocycles. The van der Waals surface area contributed by atoms with Crippen LogP contribution in [0.15, 0.2) is 64.3 Å². The molecule has 12 nitrogen and oxygen atoms in total. The number of fused-ring (bicyclic) bond motifs is 1. The highest BCUT2D eigenvalue weighted by molar-refractivity contribution is 7.99. The first-order valence-corrected chi connectivity index (χ1v) is 19.9. The molecule has 6 N–H and O–H groups in total. The molecule has 0 radical (unpaired) electrons. The lowest BCUT2D eigenvalue weighted by molar-refractivity contribution is -0.142. The third-order valence-corrected chi connectivity index (χ3v) is 11.7. The number of thioether (sulfide) groups is 1. The Labute approximate surface area is 322 Å². The number of carboxylic acids is 1. The fourth-order valence-corrected chi connectivity index (χ4v) is 8.74. The van der Waals surface area contributed by atoms with Gasteiger partial charge in [-0.15, -0.1) is 0 Å². The normalized spacial score (nSPS) is 20.9. The number of allylic oxidation sites excluding steroid dienone is 3. The van der Waals surface area contributed by atoms with Gasteiger partial charge in [0, 0.05) is 35.8 Å². The van der Waals surface area contributed by atoms with Crippen molar-refractivity contribution in [1.29, 1.82) is 0 Å². The first kappa shape index (κ1) is 42.5. The predicted octanol–water partition coefficient (Wildman–Crippen LogP) is 3.79. The van der Waals surface area contributed by atoms with Gasteiger partial charge in [-0.2, -0.15) is 11.8 Å². The van der Waals surface area contributed by atoms with Gasteiger partial charge in [-0.3, -0.25) is 24.0 Å². The molecule has 1 aromatic rings. The van der Waals surface area contributed by atoms with Crippen molar-refractivity contribution in [3.05, 3.63) is 69.8 Å². The molecule has 5 atom stereocenters. The Morgan fingerprint density at radius 2 is 1.35 bits per heavy atom. The fraction of sp³-hybridized carbons (Fsp3) is 0.561. The molecule has 0 bridgehead atoms. The number of Topliss-reactive ketones (excluding diaryl/α,β-unsaturated/α-hetero) is 1. The minimum absolute atomic E-state index is 0.00732. The molecule has 3 aliphatic rings. The van der Waals surface area contributed by atoms with E-state index in [0.29, 0.717) is 11.3 Å². The van der Waals surface area contributed by atoms with Crippen LogP contribution in [0.25, 0.3) is 0 Å². The van der Waals surface area contributed by atoms with E-state index < -0.39 is 64.8 Å². The second-order valence-corrected chi connectivity index (χ2v) is 17.0. The lowest BCUT2D eigenvalue weighted by Crippen LogP contribution is -2.58. The van der Waals surface area contributed by atoms with Crippen LogP contribution in [-0.4, -0.2) is 86.9 Å².